The Morgan fingerprint density at radius 2 is 1.40 bits per heavy atom. The number of hydrogen-bond acceptors (Lipinski definition) is 4. The normalized spacial score (nSPS) is 17.6. The summed E-state index contributed by atoms with van der Waals surface area (Å²) in [7, 11) is 0. The molecule has 7 aromatic rings. The summed E-state index contributed by atoms with van der Waals surface area (Å²) in [6.45, 7) is 0. The Morgan fingerprint density at radius 1 is 0.622 bits per heavy atom. The van der Waals surface area contributed by atoms with Gasteiger partial charge in [-0.05, 0) is 46.0 Å². The second kappa shape index (κ2) is 10.5. The maximum atomic E-state index is 6.72. The third kappa shape index (κ3) is 4.41. The molecule has 2 unspecified atom stereocenters. The molecule has 2 aliphatic rings. The van der Waals surface area contributed by atoms with Crippen LogP contribution in [0.25, 0.3) is 49.5 Å². The first-order valence-corrected chi connectivity index (χ1v) is 15.6. The molecule has 0 spiro atoms. The van der Waals surface area contributed by atoms with Gasteiger partial charge < -0.3 is 4.42 Å². The van der Waals surface area contributed by atoms with Crippen LogP contribution in [0.2, 0.25) is 0 Å². The highest BCUT2D eigenvalue weighted by atomic mass is 16.3. The van der Waals surface area contributed by atoms with Crippen LogP contribution < -0.4 is 0 Å². The quantitative estimate of drug-likeness (QED) is 0.195. The minimum absolute atomic E-state index is 0.0772. The van der Waals surface area contributed by atoms with Crippen molar-refractivity contribution < 1.29 is 4.42 Å². The van der Waals surface area contributed by atoms with E-state index in [4.69, 9.17) is 19.4 Å². The Hall–Kier alpha value is -5.61. The average molecular weight is 580 g/mol. The van der Waals surface area contributed by atoms with Crippen LogP contribution >= 0.6 is 0 Å². The van der Waals surface area contributed by atoms with Crippen molar-refractivity contribution in [2.24, 2.45) is 0 Å². The molecule has 0 N–H and O–H groups in total. The molecule has 0 saturated carbocycles. The fourth-order valence-electron chi connectivity index (χ4n) is 6.94. The molecule has 0 aliphatic heterocycles. The van der Waals surface area contributed by atoms with E-state index in [1.807, 2.05) is 24.3 Å². The van der Waals surface area contributed by atoms with E-state index in [9.17, 15) is 0 Å². The van der Waals surface area contributed by atoms with Crippen molar-refractivity contribution in [2.75, 3.05) is 0 Å². The van der Waals surface area contributed by atoms with Gasteiger partial charge in [0.25, 0.3) is 0 Å². The van der Waals surface area contributed by atoms with E-state index in [1.54, 1.807) is 0 Å². The number of para-hydroxylation sites is 1. The third-order valence-electron chi connectivity index (χ3n) is 9.18. The molecule has 4 heteroatoms. The lowest BCUT2D eigenvalue weighted by Crippen LogP contribution is -2.13. The summed E-state index contributed by atoms with van der Waals surface area (Å²) in [6.07, 6.45) is 12.5. The molecule has 214 valence electrons. The molecule has 2 heterocycles. The van der Waals surface area contributed by atoms with E-state index in [0.29, 0.717) is 11.6 Å². The van der Waals surface area contributed by atoms with Crippen molar-refractivity contribution in [1.82, 2.24) is 15.0 Å². The third-order valence-corrected chi connectivity index (χ3v) is 9.18. The molecule has 5 aromatic carbocycles. The molecule has 2 atom stereocenters. The maximum Gasteiger partial charge on any atom is 0.164 e. The van der Waals surface area contributed by atoms with E-state index in [0.717, 1.165) is 52.1 Å². The molecule has 4 nitrogen and oxygen atoms in total. The number of aromatic nitrogens is 3. The van der Waals surface area contributed by atoms with Crippen molar-refractivity contribution in [2.45, 2.75) is 24.7 Å². The summed E-state index contributed by atoms with van der Waals surface area (Å²) in [4.78, 5) is 15.2. The summed E-state index contributed by atoms with van der Waals surface area (Å²) < 4.78 is 6.72. The van der Waals surface area contributed by atoms with Gasteiger partial charge in [-0.1, -0.05) is 134 Å². The van der Waals surface area contributed by atoms with E-state index in [1.165, 1.54) is 27.1 Å². The molecular weight excluding hydrogens is 550 g/mol. The lowest BCUT2D eigenvalue weighted by atomic mass is 9.82. The highest BCUT2D eigenvalue weighted by Crippen LogP contribution is 2.46. The van der Waals surface area contributed by atoms with Crippen LogP contribution in [-0.2, 0) is 0 Å². The second-order valence-electron chi connectivity index (χ2n) is 11.9. The zero-order valence-corrected chi connectivity index (χ0v) is 24.6. The highest BCUT2D eigenvalue weighted by molar-refractivity contribution is 6.07. The largest absolute Gasteiger partial charge is 0.460 e. The van der Waals surface area contributed by atoms with Crippen molar-refractivity contribution >= 4 is 38.1 Å². The van der Waals surface area contributed by atoms with Gasteiger partial charge in [0.05, 0.1) is 0 Å². The highest BCUT2D eigenvalue weighted by Gasteiger charge is 2.32. The van der Waals surface area contributed by atoms with Crippen LogP contribution in [0.3, 0.4) is 0 Å². The molecule has 45 heavy (non-hydrogen) atoms. The van der Waals surface area contributed by atoms with Gasteiger partial charge in [-0.2, -0.15) is 0 Å². The first-order valence-electron chi connectivity index (χ1n) is 15.6. The number of allylic oxidation sites excluding steroid dienone is 5. The van der Waals surface area contributed by atoms with Crippen LogP contribution in [0.4, 0.5) is 0 Å². The number of furan rings is 1. The number of fused-ring (bicyclic) bond motifs is 6. The molecule has 2 aliphatic carbocycles. The van der Waals surface area contributed by atoms with Gasteiger partial charge in [-0.25, -0.2) is 15.0 Å². The average Bonchev–Trinajstić information content (AvgIpc) is 3.51. The Kier molecular flexibility index (Phi) is 6.05. The van der Waals surface area contributed by atoms with Gasteiger partial charge in [0.1, 0.15) is 17.2 Å². The smallest absolute Gasteiger partial charge is 0.164 e. The molecule has 0 amide bonds. The molecule has 2 aromatic heterocycles. The molecule has 0 saturated heterocycles. The Bertz CT molecular complexity index is 2340. The van der Waals surface area contributed by atoms with Gasteiger partial charge in [-0.15, -0.1) is 0 Å². The number of benzene rings is 5. The number of nitrogens with zero attached hydrogens (tertiary/aromatic N) is 3. The summed E-state index contributed by atoms with van der Waals surface area (Å²) in [5.74, 6) is 3.32. The lowest BCUT2D eigenvalue weighted by Gasteiger charge is -2.23. The maximum absolute atomic E-state index is 6.72. The number of hydrogen-bond donors (Lipinski definition) is 0. The standard InChI is InChI=1S/C41H29N3O/c1-3-12-27(13-4-1)39-42-40(28-14-5-2-6-15-28)44-41(43-39)35-24-23-33(38-37(35)34-17-9-10-18-36(34)45-38)30-21-22-32-29(25-30)20-19-26-11-7-8-16-31(26)32/h1-14,16-22,24-25,28,33H,15,23H2. The van der Waals surface area contributed by atoms with Crippen molar-refractivity contribution in [3.8, 4) is 11.4 Å². The van der Waals surface area contributed by atoms with Gasteiger partial charge >= 0.3 is 0 Å². The summed E-state index contributed by atoms with van der Waals surface area (Å²) in [5, 5.41) is 6.13. The van der Waals surface area contributed by atoms with Crippen LogP contribution in [0.15, 0.2) is 144 Å². The Labute approximate surface area is 261 Å². The minimum Gasteiger partial charge on any atom is -0.460 e. The van der Waals surface area contributed by atoms with E-state index in [-0.39, 0.29) is 11.8 Å². The topological polar surface area (TPSA) is 51.8 Å². The van der Waals surface area contributed by atoms with E-state index in [2.05, 4.69) is 115 Å². The fraction of sp³-hybridized carbons (Fsp3) is 0.0976. The Morgan fingerprint density at radius 3 is 2.29 bits per heavy atom. The van der Waals surface area contributed by atoms with Crippen LogP contribution in [0, 0.1) is 0 Å². The van der Waals surface area contributed by atoms with Crippen molar-refractivity contribution in [3.05, 3.63) is 168 Å². The zero-order valence-electron chi connectivity index (χ0n) is 24.6. The first kappa shape index (κ1) is 25.8. The molecule has 0 radical (unpaired) electrons. The number of rotatable bonds is 4. The van der Waals surface area contributed by atoms with Crippen LogP contribution in [0.1, 0.15) is 53.2 Å². The molecule has 0 fully saturated rings. The molecular formula is C41H29N3O. The molecule has 9 rings (SSSR count). The SMILES string of the molecule is C1=CCC(c2nc(C3=CCC(c4ccc5c(ccc6ccccc65)c4)c4oc5ccccc5c43)nc(-c3ccccc3)n2)C=C1. The summed E-state index contributed by atoms with van der Waals surface area (Å²) >= 11 is 0. The monoisotopic (exact) mass is 579 g/mol. The van der Waals surface area contributed by atoms with Crippen molar-refractivity contribution in [3.63, 3.8) is 0 Å². The van der Waals surface area contributed by atoms with Crippen molar-refractivity contribution in [1.29, 1.82) is 0 Å². The van der Waals surface area contributed by atoms with Crippen LogP contribution in [0.5, 0.6) is 0 Å². The zero-order chi connectivity index (χ0) is 29.7. The van der Waals surface area contributed by atoms with Gasteiger partial charge in [0, 0.05) is 33.9 Å². The summed E-state index contributed by atoms with van der Waals surface area (Å²) in [5.41, 5.74) is 5.19. The minimum atomic E-state index is 0.0772. The Balaban J connectivity index is 1.21. The van der Waals surface area contributed by atoms with Crippen LogP contribution in [-0.4, -0.2) is 15.0 Å². The fourth-order valence-corrected chi connectivity index (χ4v) is 6.94. The predicted molar refractivity (Wildman–Crippen MR) is 182 cm³/mol. The lowest BCUT2D eigenvalue weighted by molar-refractivity contribution is 0.516. The molecule has 0 bridgehead atoms. The van der Waals surface area contributed by atoms with E-state index < -0.39 is 0 Å². The predicted octanol–water partition coefficient (Wildman–Crippen LogP) is 10.2. The first-order chi connectivity index (χ1) is 22.3. The van der Waals surface area contributed by atoms with Gasteiger partial charge in [0.15, 0.2) is 11.6 Å². The second-order valence-corrected chi connectivity index (χ2v) is 11.9. The van der Waals surface area contributed by atoms with Gasteiger partial charge in [-0.3, -0.25) is 0 Å². The van der Waals surface area contributed by atoms with Gasteiger partial charge in [0.2, 0.25) is 0 Å². The summed E-state index contributed by atoms with van der Waals surface area (Å²) in [6, 6.07) is 38.4. The van der Waals surface area contributed by atoms with E-state index >= 15 is 0 Å².